The van der Waals surface area contributed by atoms with E-state index in [9.17, 15) is 9.90 Å². The highest BCUT2D eigenvalue weighted by Crippen LogP contribution is 2.31. The number of hydrogen-bond donors (Lipinski definition) is 4. The first-order valence-corrected chi connectivity index (χ1v) is 8.26. The fourth-order valence-electron chi connectivity index (χ4n) is 3.11. The summed E-state index contributed by atoms with van der Waals surface area (Å²) in [6, 6.07) is 8.04. The summed E-state index contributed by atoms with van der Waals surface area (Å²) in [5, 5.41) is 16.9. The fourth-order valence-corrected chi connectivity index (χ4v) is 3.18. The Morgan fingerprint density at radius 1 is 1.50 bits per heavy atom. The van der Waals surface area contributed by atoms with Gasteiger partial charge in [-0.1, -0.05) is 12.1 Å². The number of aryl methyl sites for hydroxylation is 1. The van der Waals surface area contributed by atoms with E-state index in [0.717, 1.165) is 27.7 Å². The number of nitrogens with zero attached hydrogens (tertiary/aromatic N) is 1. The predicted octanol–water partition coefficient (Wildman–Crippen LogP) is 1.19. The van der Waals surface area contributed by atoms with Crippen LogP contribution in [-0.2, 0) is 11.3 Å². The molecular weight excluding hydrogens is 324 g/mol. The molecule has 2 atom stereocenters. The number of aliphatic hydroxyl groups excluding tert-OH is 1. The van der Waals surface area contributed by atoms with Crippen molar-refractivity contribution in [1.29, 1.82) is 0 Å². The van der Waals surface area contributed by atoms with E-state index in [1.54, 1.807) is 0 Å². The van der Waals surface area contributed by atoms with E-state index >= 15 is 0 Å². The first-order chi connectivity index (χ1) is 11.4. The van der Waals surface area contributed by atoms with Gasteiger partial charge in [0.05, 0.1) is 5.52 Å². The maximum Gasteiger partial charge on any atom is 0.222 e. The molecule has 2 heterocycles. The summed E-state index contributed by atoms with van der Waals surface area (Å²) in [7, 11) is 0. The fraction of sp³-hybridized carbons (Fsp3) is 0.353. The highest BCUT2D eigenvalue weighted by molar-refractivity contribution is 7.80. The number of aromatic nitrogens is 1. The van der Waals surface area contributed by atoms with Crippen LogP contribution in [0.5, 0.6) is 0 Å². The van der Waals surface area contributed by atoms with Gasteiger partial charge in [-0.2, -0.15) is 0 Å². The van der Waals surface area contributed by atoms with Gasteiger partial charge in [-0.05, 0) is 48.8 Å². The molecule has 1 amide bonds. The number of carbonyl (C=O) groups is 1. The number of thiocarbonyl (C=S) groups is 1. The third kappa shape index (κ3) is 3.47. The van der Waals surface area contributed by atoms with Crippen molar-refractivity contribution in [2.24, 2.45) is 5.73 Å². The van der Waals surface area contributed by atoms with Gasteiger partial charge in [0.2, 0.25) is 5.91 Å². The Labute approximate surface area is 145 Å². The number of rotatable bonds is 3. The van der Waals surface area contributed by atoms with Gasteiger partial charge in [0.1, 0.15) is 6.23 Å². The van der Waals surface area contributed by atoms with Gasteiger partial charge in [0, 0.05) is 30.0 Å². The van der Waals surface area contributed by atoms with Crippen molar-refractivity contribution in [2.45, 2.75) is 38.5 Å². The molecular formula is C17H20N4O2S. The zero-order chi connectivity index (χ0) is 17.3. The standard InChI is InChI=1S/C17H20N4O2S/c1-9-13(12-4-5-15(22)21-16(12)23)7-11-3-2-10(6-14(11)20-9)8-19-17(18)24/h2-3,6-7,12,16,23H,4-5,8H2,1H3,(H,21,22)(H3,18,19,24). The molecule has 5 N–H and O–H groups in total. The summed E-state index contributed by atoms with van der Waals surface area (Å²) in [4.78, 5) is 16.1. The Morgan fingerprint density at radius 3 is 3.00 bits per heavy atom. The molecule has 0 spiro atoms. The molecule has 1 aliphatic rings. The Balaban J connectivity index is 1.91. The van der Waals surface area contributed by atoms with Crippen molar-refractivity contribution >= 4 is 34.1 Å². The Bertz CT molecular complexity index is 809. The van der Waals surface area contributed by atoms with Crippen LogP contribution in [-0.4, -0.2) is 27.3 Å². The highest BCUT2D eigenvalue weighted by Gasteiger charge is 2.29. The molecule has 0 saturated carbocycles. The first kappa shape index (κ1) is 16.6. The molecule has 1 aromatic carbocycles. The summed E-state index contributed by atoms with van der Waals surface area (Å²) in [5.41, 5.74) is 9.22. The van der Waals surface area contributed by atoms with Crippen LogP contribution in [0.4, 0.5) is 0 Å². The monoisotopic (exact) mass is 344 g/mol. The summed E-state index contributed by atoms with van der Waals surface area (Å²) in [6.07, 6.45) is 0.179. The molecule has 1 aliphatic heterocycles. The van der Waals surface area contributed by atoms with Crippen LogP contribution in [0.25, 0.3) is 10.9 Å². The SMILES string of the molecule is Cc1nc2cc(CNC(N)=S)ccc2cc1C1CCC(=O)NC1O. The second kappa shape index (κ2) is 6.70. The molecule has 2 unspecified atom stereocenters. The maximum absolute atomic E-state index is 11.4. The van der Waals surface area contributed by atoms with Crippen molar-refractivity contribution in [2.75, 3.05) is 0 Å². The van der Waals surface area contributed by atoms with Crippen LogP contribution in [0, 0.1) is 6.92 Å². The molecule has 2 aromatic rings. The molecule has 7 heteroatoms. The minimum Gasteiger partial charge on any atom is -0.376 e. The van der Waals surface area contributed by atoms with Crippen LogP contribution in [0.3, 0.4) is 0 Å². The van der Waals surface area contributed by atoms with E-state index in [0.29, 0.717) is 19.4 Å². The smallest absolute Gasteiger partial charge is 0.222 e. The Morgan fingerprint density at radius 2 is 2.29 bits per heavy atom. The highest BCUT2D eigenvalue weighted by atomic mass is 32.1. The molecule has 0 radical (unpaired) electrons. The van der Waals surface area contributed by atoms with E-state index < -0.39 is 6.23 Å². The minimum absolute atomic E-state index is 0.111. The lowest BCUT2D eigenvalue weighted by Gasteiger charge is -2.29. The summed E-state index contributed by atoms with van der Waals surface area (Å²) in [5.74, 6) is -0.240. The van der Waals surface area contributed by atoms with Gasteiger partial charge >= 0.3 is 0 Å². The summed E-state index contributed by atoms with van der Waals surface area (Å²) >= 11 is 4.82. The van der Waals surface area contributed by atoms with Gasteiger partial charge in [-0.25, -0.2) is 0 Å². The maximum atomic E-state index is 11.4. The number of nitrogens with two attached hydrogens (primary N) is 1. The normalized spacial score (nSPS) is 20.7. The lowest BCUT2D eigenvalue weighted by molar-refractivity contribution is -0.127. The number of amides is 1. The van der Waals surface area contributed by atoms with Crippen molar-refractivity contribution < 1.29 is 9.90 Å². The number of benzene rings is 1. The number of pyridine rings is 1. The van der Waals surface area contributed by atoms with Gasteiger partial charge in [0.25, 0.3) is 0 Å². The van der Waals surface area contributed by atoms with Gasteiger partial charge in [-0.15, -0.1) is 0 Å². The second-order valence-corrected chi connectivity index (χ2v) is 6.51. The van der Waals surface area contributed by atoms with E-state index in [4.69, 9.17) is 18.0 Å². The average molecular weight is 344 g/mol. The van der Waals surface area contributed by atoms with E-state index in [-0.39, 0.29) is 16.9 Å². The zero-order valence-electron chi connectivity index (χ0n) is 13.4. The Hall–Kier alpha value is -2.25. The molecule has 1 fully saturated rings. The van der Waals surface area contributed by atoms with Crippen molar-refractivity contribution in [3.8, 4) is 0 Å². The predicted molar refractivity (Wildman–Crippen MR) is 96.2 cm³/mol. The molecule has 3 rings (SSSR count). The lowest BCUT2D eigenvalue weighted by atomic mass is 9.88. The zero-order valence-corrected chi connectivity index (χ0v) is 14.2. The second-order valence-electron chi connectivity index (χ2n) is 6.07. The van der Waals surface area contributed by atoms with Gasteiger partial charge in [-0.3, -0.25) is 9.78 Å². The van der Waals surface area contributed by atoms with Gasteiger partial charge in [0.15, 0.2) is 5.11 Å². The Kier molecular flexibility index (Phi) is 4.64. The van der Waals surface area contributed by atoms with Crippen molar-refractivity contribution in [3.05, 3.63) is 41.1 Å². The molecule has 126 valence electrons. The van der Waals surface area contributed by atoms with E-state index in [1.807, 2.05) is 31.2 Å². The van der Waals surface area contributed by atoms with Crippen LogP contribution >= 0.6 is 12.2 Å². The molecule has 6 nitrogen and oxygen atoms in total. The number of carbonyl (C=O) groups excluding carboxylic acids is 1. The number of piperidine rings is 1. The van der Waals surface area contributed by atoms with Crippen LogP contribution in [0.1, 0.15) is 35.6 Å². The molecule has 0 bridgehead atoms. The van der Waals surface area contributed by atoms with Crippen LogP contribution < -0.4 is 16.4 Å². The van der Waals surface area contributed by atoms with Crippen molar-refractivity contribution in [3.63, 3.8) is 0 Å². The van der Waals surface area contributed by atoms with E-state index in [2.05, 4.69) is 15.6 Å². The summed E-state index contributed by atoms with van der Waals surface area (Å²) in [6.45, 7) is 2.49. The van der Waals surface area contributed by atoms with Crippen molar-refractivity contribution in [1.82, 2.24) is 15.6 Å². The third-order valence-corrected chi connectivity index (χ3v) is 4.49. The number of fused-ring (bicyclic) bond motifs is 1. The van der Waals surface area contributed by atoms with Crippen LogP contribution in [0.15, 0.2) is 24.3 Å². The average Bonchev–Trinajstić information content (AvgIpc) is 2.52. The third-order valence-electron chi connectivity index (χ3n) is 4.35. The molecule has 0 aliphatic carbocycles. The first-order valence-electron chi connectivity index (χ1n) is 7.85. The number of nitrogens with one attached hydrogen (secondary N) is 2. The quantitative estimate of drug-likeness (QED) is 0.624. The summed E-state index contributed by atoms with van der Waals surface area (Å²) < 4.78 is 0. The molecule has 1 saturated heterocycles. The van der Waals surface area contributed by atoms with E-state index in [1.165, 1.54) is 0 Å². The van der Waals surface area contributed by atoms with Gasteiger partial charge < -0.3 is 21.5 Å². The molecule has 24 heavy (non-hydrogen) atoms. The minimum atomic E-state index is -0.863. The number of hydrogen-bond acceptors (Lipinski definition) is 4. The lowest BCUT2D eigenvalue weighted by Crippen LogP contribution is -2.43. The molecule has 1 aromatic heterocycles. The largest absolute Gasteiger partial charge is 0.376 e. The van der Waals surface area contributed by atoms with Crippen LogP contribution in [0.2, 0.25) is 0 Å². The topological polar surface area (TPSA) is 100 Å². The number of aliphatic hydroxyl groups is 1.